The molecule has 0 saturated carbocycles. The van der Waals surface area contributed by atoms with Crippen LogP contribution in [0.1, 0.15) is 25.1 Å². The minimum atomic E-state index is -4.85. The van der Waals surface area contributed by atoms with Gasteiger partial charge in [-0.15, -0.1) is 13.2 Å². The van der Waals surface area contributed by atoms with Crippen LogP contribution in [0.5, 0.6) is 11.6 Å². The SMILES string of the molecule is CCN(CC)CCOC(=O)Nc1cnccc1Cn1c(C)c(O)n(-c2ccc(OC(F)(F)F)cc2)c1=O. The maximum absolute atomic E-state index is 13.1. The van der Waals surface area contributed by atoms with Gasteiger partial charge in [-0.05, 0) is 55.9 Å². The van der Waals surface area contributed by atoms with Crippen LogP contribution in [-0.2, 0) is 11.3 Å². The number of anilines is 1. The lowest BCUT2D eigenvalue weighted by Gasteiger charge is -2.18. The van der Waals surface area contributed by atoms with Gasteiger partial charge in [0.2, 0.25) is 5.88 Å². The molecule has 2 heterocycles. The number of rotatable bonds is 10. The number of pyridine rings is 1. The van der Waals surface area contributed by atoms with Crippen LogP contribution in [0, 0.1) is 6.92 Å². The molecule has 0 saturated heterocycles. The van der Waals surface area contributed by atoms with E-state index in [1.807, 2.05) is 13.8 Å². The zero-order valence-corrected chi connectivity index (χ0v) is 20.6. The Balaban J connectivity index is 1.79. The van der Waals surface area contributed by atoms with E-state index in [-0.39, 0.29) is 30.4 Å². The number of ether oxygens (including phenoxy) is 2. The van der Waals surface area contributed by atoms with Crippen molar-refractivity contribution in [3.05, 3.63) is 64.5 Å². The Morgan fingerprint density at radius 1 is 1.16 bits per heavy atom. The summed E-state index contributed by atoms with van der Waals surface area (Å²) in [5.74, 6) is -0.842. The highest BCUT2D eigenvalue weighted by molar-refractivity contribution is 5.85. The van der Waals surface area contributed by atoms with Gasteiger partial charge in [0.1, 0.15) is 12.4 Å². The molecule has 200 valence electrons. The van der Waals surface area contributed by atoms with Gasteiger partial charge in [-0.1, -0.05) is 13.8 Å². The number of carbonyl (C=O) groups is 1. The lowest BCUT2D eigenvalue weighted by atomic mass is 10.2. The minimum absolute atomic E-state index is 0.0297. The molecule has 37 heavy (non-hydrogen) atoms. The van der Waals surface area contributed by atoms with Crippen LogP contribution in [-0.4, -0.2) is 62.8 Å². The first-order valence-corrected chi connectivity index (χ1v) is 11.5. The predicted octanol–water partition coefficient (Wildman–Crippen LogP) is 3.89. The lowest BCUT2D eigenvalue weighted by molar-refractivity contribution is -0.274. The minimum Gasteiger partial charge on any atom is -0.493 e. The zero-order valence-electron chi connectivity index (χ0n) is 20.6. The number of benzene rings is 1. The number of nitrogens with one attached hydrogen (secondary N) is 1. The number of imidazole rings is 1. The van der Waals surface area contributed by atoms with Crippen LogP contribution >= 0.6 is 0 Å². The first-order chi connectivity index (χ1) is 17.5. The molecule has 10 nitrogen and oxygen atoms in total. The number of halogens is 3. The summed E-state index contributed by atoms with van der Waals surface area (Å²) < 4.78 is 48.6. The number of aromatic nitrogens is 3. The van der Waals surface area contributed by atoms with E-state index in [0.29, 0.717) is 17.8 Å². The van der Waals surface area contributed by atoms with Crippen molar-refractivity contribution in [3.8, 4) is 17.3 Å². The molecule has 2 aromatic heterocycles. The van der Waals surface area contributed by atoms with Crippen LogP contribution in [0.25, 0.3) is 5.69 Å². The molecule has 0 unspecified atom stereocenters. The van der Waals surface area contributed by atoms with Gasteiger partial charge in [0.15, 0.2) is 0 Å². The summed E-state index contributed by atoms with van der Waals surface area (Å²) in [5, 5.41) is 13.2. The molecule has 1 amide bonds. The van der Waals surface area contributed by atoms with E-state index < -0.39 is 23.9 Å². The molecule has 0 fully saturated rings. The Morgan fingerprint density at radius 3 is 2.46 bits per heavy atom. The first-order valence-electron chi connectivity index (χ1n) is 11.5. The monoisotopic (exact) mass is 523 g/mol. The highest BCUT2D eigenvalue weighted by Crippen LogP contribution is 2.26. The number of hydrogen-bond donors (Lipinski definition) is 2. The van der Waals surface area contributed by atoms with Crippen LogP contribution in [0.15, 0.2) is 47.5 Å². The third-order valence-electron chi connectivity index (χ3n) is 5.70. The lowest BCUT2D eigenvalue weighted by Crippen LogP contribution is -2.29. The second-order valence-corrected chi connectivity index (χ2v) is 7.98. The summed E-state index contributed by atoms with van der Waals surface area (Å²) in [7, 11) is 0. The summed E-state index contributed by atoms with van der Waals surface area (Å²) >= 11 is 0. The first kappa shape index (κ1) is 27.6. The highest BCUT2D eigenvalue weighted by atomic mass is 19.4. The van der Waals surface area contributed by atoms with E-state index in [2.05, 4.69) is 19.9 Å². The molecule has 3 aromatic rings. The van der Waals surface area contributed by atoms with Gasteiger partial charge in [0.05, 0.1) is 29.8 Å². The highest BCUT2D eigenvalue weighted by Gasteiger charge is 2.31. The smallest absolute Gasteiger partial charge is 0.493 e. The number of hydrogen-bond acceptors (Lipinski definition) is 7. The van der Waals surface area contributed by atoms with Crippen molar-refractivity contribution < 1.29 is 32.5 Å². The molecular weight excluding hydrogens is 495 g/mol. The fourth-order valence-electron chi connectivity index (χ4n) is 3.65. The van der Waals surface area contributed by atoms with E-state index >= 15 is 0 Å². The second kappa shape index (κ2) is 11.8. The summed E-state index contributed by atoms with van der Waals surface area (Å²) in [4.78, 5) is 31.6. The number of aromatic hydroxyl groups is 1. The van der Waals surface area contributed by atoms with Gasteiger partial charge < -0.3 is 19.5 Å². The molecule has 13 heteroatoms. The molecule has 0 radical (unpaired) electrons. The van der Waals surface area contributed by atoms with E-state index in [1.54, 1.807) is 6.07 Å². The second-order valence-electron chi connectivity index (χ2n) is 7.98. The number of carbonyl (C=O) groups excluding carboxylic acids is 1. The van der Waals surface area contributed by atoms with Crippen molar-refractivity contribution in [2.24, 2.45) is 0 Å². The summed E-state index contributed by atoms with van der Waals surface area (Å²) in [6.45, 7) is 7.97. The Bertz CT molecular complexity index is 1270. The van der Waals surface area contributed by atoms with Crippen LogP contribution in [0.4, 0.5) is 23.7 Å². The molecule has 0 atom stereocenters. The molecule has 0 spiro atoms. The summed E-state index contributed by atoms with van der Waals surface area (Å²) in [6.07, 6.45) is -2.62. The molecule has 2 N–H and O–H groups in total. The third-order valence-corrected chi connectivity index (χ3v) is 5.70. The molecule has 0 aliphatic rings. The summed E-state index contributed by atoms with van der Waals surface area (Å²) in [6, 6.07) is 6.13. The van der Waals surface area contributed by atoms with Gasteiger partial charge in [-0.3, -0.25) is 14.9 Å². The summed E-state index contributed by atoms with van der Waals surface area (Å²) in [5.41, 5.74) is 0.562. The third kappa shape index (κ3) is 7.03. The molecule has 1 aromatic carbocycles. The standard InChI is InChI=1S/C24H28F3N5O5/c1-4-30(5-2)12-13-36-22(34)29-20-14-28-11-10-17(20)15-31-16(3)21(33)32(23(31)35)18-6-8-19(9-7-18)37-24(25,26)27/h6-11,14,33H,4-5,12-13,15H2,1-3H3,(H,29,34). The fraction of sp³-hybridized carbons (Fsp3) is 0.375. The Hall–Kier alpha value is -4.00. The van der Waals surface area contributed by atoms with Crippen molar-refractivity contribution in [2.75, 3.05) is 31.6 Å². The quantitative estimate of drug-likeness (QED) is 0.415. The molecule has 0 aliphatic heterocycles. The van der Waals surface area contributed by atoms with E-state index in [4.69, 9.17) is 4.74 Å². The van der Waals surface area contributed by atoms with Gasteiger partial charge in [0, 0.05) is 12.7 Å². The van der Waals surface area contributed by atoms with Crippen molar-refractivity contribution in [1.29, 1.82) is 0 Å². The van der Waals surface area contributed by atoms with Crippen molar-refractivity contribution >= 4 is 11.8 Å². The van der Waals surface area contributed by atoms with Gasteiger partial charge in [-0.25, -0.2) is 14.2 Å². The number of nitrogens with zero attached hydrogens (tertiary/aromatic N) is 4. The number of amides is 1. The fourth-order valence-corrected chi connectivity index (χ4v) is 3.65. The predicted molar refractivity (Wildman–Crippen MR) is 129 cm³/mol. The molecule has 0 aliphatic carbocycles. The molecular formula is C24H28F3N5O5. The van der Waals surface area contributed by atoms with Crippen molar-refractivity contribution in [3.63, 3.8) is 0 Å². The van der Waals surface area contributed by atoms with Crippen molar-refractivity contribution in [2.45, 2.75) is 33.7 Å². The van der Waals surface area contributed by atoms with Crippen LogP contribution in [0.2, 0.25) is 0 Å². The van der Waals surface area contributed by atoms with E-state index in [9.17, 15) is 27.9 Å². The van der Waals surface area contributed by atoms with E-state index in [0.717, 1.165) is 29.8 Å². The Morgan fingerprint density at radius 2 is 1.84 bits per heavy atom. The Kier molecular flexibility index (Phi) is 8.81. The molecule has 0 bridgehead atoms. The number of alkyl halides is 3. The maximum atomic E-state index is 13.1. The average Bonchev–Trinajstić information content (AvgIpc) is 3.05. The van der Waals surface area contributed by atoms with Crippen LogP contribution < -0.4 is 15.7 Å². The zero-order chi connectivity index (χ0) is 27.2. The topological polar surface area (TPSA) is 111 Å². The van der Waals surface area contributed by atoms with Gasteiger partial charge >= 0.3 is 18.1 Å². The number of likely N-dealkylation sites (N-methyl/N-ethyl adjacent to an activating group) is 1. The van der Waals surface area contributed by atoms with Gasteiger partial charge in [-0.2, -0.15) is 0 Å². The Labute approximate surface area is 210 Å². The van der Waals surface area contributed by atoms with E-state index in [1.165, 1.54) is 36.0 Å². The van der Waals surface area contributed by atoms with Crippen LogP contribution in [0.3, 0.4) is 0 Å². The molecule has 3 rings (SSSR count). The van der Waals surface area contributed by atoms with Crippen molar-refractivity contribution in [1.82, 2.24) is 19.0 Å². The van der Waals surface area contributed by atoms with Gasteiger partial charge in [0.25, 0.3) is 0 Å². The normalized spacial score (nSPS) is 11.5. The maximum Gasteiger partial charge on any atom is 0.573 e. The average molecular weight is 524 g/mol. The largest absolute Gasteiger partial charge is 0.573 e.